The van der Waals surface area contributed by atoms with E-state index in [1.807, 2.05) is 0 Å². The summed E-state index contributed by atoms with van der Waals surface area (Å²) in [5.74, 6) is -0.661. The summed E-state index contributed by atoms with van der Waals surface area (Å²) < 4.78 is 30.9. The van der Waals surface area contributed by atoms with Crippen molar-refractivity contribution < 1.29 is 22.9 Å². The highest BCUT2D eigenvalue weighted by Crippen LogP contribution is 2.40. The van der Waals surface area contributed by atoms with Gasteiger partial charge in [0.25, 0.3) is 5.69 Å². The molecule has 0 radical (unpaired) electrons. The number of nitrogen functional groups attached to an aromatic ring is 1. The number of halogens is 1. The van der Waals surface area contributed by atoms with Crippen LogP contribution in [0.1, 0.15) is 9.67 Å². The van der Waals surface area contributed by atoms with Crippen LogP contribution in [0.4, 0.5) is 11.4 Å². The zero-order valence-electron chi connectivity index (χ0n) is 12.8. The first-order valence-electron chi connectivity index (χ1n) is 6.38. The normalized spacial score (nSPS) is 11.3. The number of carbonyl (C=O) groups excluding carboxylic acids is 1. The number of sulfone groups is 1. The third-order valence-corrected chi connectivity index (χ3v) is 8.04. The van der Waals surface area contributed by atoms with Crippen LogP contribution in [0.5, 0.6) is 0 Å². The van der Waals surface area contributed by atoms with Crippen molar-refractivity contribution in [3.8, 4) is 0 Å². The fourth-order valence-electron chi connectivity index (χ4n) is 1.90. The number of nitro groups is 1. The minimum atomic E-state index is -4.11. The molecule has 0 fully saturated rings. The Morgan fingerprint density at radius 3 is 2.56 bits per heavy atom. The summed E-state index contributed by atoms with van der Waals surface area (Å²) in [5, 5.41) is 11.1. The summed E-state index contributed by atoms with van der Waals surface area (Å²) in [6, 6.07) is 3.29. The van der Waals surface area contributed by atoms with Crippen molar-refractivity contribution >= 4 is 66.2 Å². The number of benzene rings is 1. The molecule has 134 valence electrons. The van der Waals surface area contributed by atoms with Gasteiger partial charge in [0.2, 0.25) is 9.84 Å². The van der Waals surface area contributed by atoms with Gasteiger partial charge in [-0.25, -0.2) is 13.2 Å². The van der Waals surface area contributed by atoms with E-state index in [0.29, 0.717) is 4.21 Å². The second kappa shape index (κ2) is 7.32. The van der Waals surface area contributed by atoms with Gasteiger partial charge in [-0.2, -0.15) is 0 Å². The molecule has 8 nitrogen and oxygen atoms in total. The second-order valence-corrected chi connectivity index (χ2v) is 9.46. The summed E-state index contributed by atoms with van der Waals surface area (Å²) in [5.41, 5.74) is 4.91. The van der Waals surface area contributed by atoms with E-state index in [0.717, 1.165) is 29.2 Å². The zero-order chi connectivity index (χ0) is 18.9. The SMILES string of the molecule is COC(=O)c1cc(S(=O)(=O)c2cc(Br)c(N)c([N+](=O)[O-])c2)c(SC)s1. The molecule has 0 atom stereocenters. The summed E-state index contributed by atoms with van der Waals surface area (Å²) in [6.45, 7) is 0. The fraction of sp³-hybridized carbons (Fsp3) is 0.154. The molecule has 25 heavy (non-hydrogen) atoms. The maximum absolute atomic E-state index is 12.9. The minimum absolute atomic E-state index is 0.0920. The van der Waals surface area contributed by atoms with Crippen LogP contribution < -0.4 is 5.73 Å². The van der Waals surface area contributed by atoms with E-state index in [9.17, 15) is 23.3 Å². The number of rotatable bonds is 5. The molecule has 0 bridgehead atoms. The molecule has 0 aliphatic carbocycles. The largest absolute Gasteiger partial charge is 0.465 e. The van der Waals surface area contributed by atoms with E-state index >= 15 is 0 Å². The highest BCUT2D eigenvalue weighted by atomic mass is 79.9. The van der Waals surface area contributed by atoms with Crippen molar-refractivity contribution in [2.24, 2.45) is 0 Å². The number of carbonyl (C=O) groups is 1. The maximum Gasteiger partial charge on any atom is 0.348 e. The number of thioether (sulfide) groups is 1. The number of nitro benzene ring substituents is 1. The number of ether oxygens (including phenoxy) is 1. The lowest BCUT2D eigenvalue weighted by molar-refractivity contribution is -0.384. The Balaban J connectivity index is 2.70. The van der Waals surface area contributed by atoms with E-state index in [1.54, 1.807) is 6.26 Å². The Bertz CT molecular complexity index is 970. The predicted octanol–water partition coefficient (Wildman–Crippen LogP) is 3.34. The van der Waals surface area contributed by atoms with Gasteiger partial charge < -0.3 is 10.5 Å². The lowest BCUT2D eigenvalue weighted by atomic mass is 10.3. The molecular formula is C13H11BrN2O6S3. The summed E-state index contributed by atoms with van der Waals surface area (Å²) >= 11 is 5.15. The first-order chi connectivity index (χ1) is 11.6. The number of anilines is 1. The van der Waals surface area contributed by atoms with Crippen molar-refractivity contribution in [1.29, 1.82) is 0 Å². The van der Waals surface area contributed by atoms with E-state index in [2.05, 4.69) is 20.7 Å². The van der Waals surface area contributed by atoms with Crippen molar-refractivity contribution in [2.75, 3.05) is 19.1 Å². The predicted molar refractivity (Wildman–Crippen MR) is 98.1 cm³/mol. The summed E-state index contributed by atoms with van der Waals surface area (Å²) in [7, 11) is -2.92. The molecule has 0 unspecified atom stereocenters. The Morgan fingerprint density at radius 1 is 1.40 bits per heavy atom. The molecule has 0 aliphatic heterocycles. The summed E-state index contributed by atoms with van der Waals surface area (Å²) in [4.78, 5) is 21.7. The fourth-order valence-corrected chi connectivity index (χ4v) is 6.46. The second-order valence-electron chi connectivity index (χ2n) is 4.56. The highest BCUT2D eigenvalue weighted by molar-refractivity contribution is 9.10. The average molecular weight is 467 g/mol. The van der Waals surface area contributed by atoms with Crippen LogP contribution in [0, 0.1) is 10.1 Å². The molecule has 1 aromatic carbocycles. The smallest absolute Gasteiger partial charge is 0.348 e. The van der Waals surface area contributed by atoms with Crippen molar-refractivity contribution in [2.45, 2.75) is 14.0 Å². The number of hydrogen-bond donors (Lipinski definition) is 1. The standard InChI is InChI=1S/C13H11BrN2O6S3/c1-22-12(17)9-5-10(13(23-2)24-9)25(20,21)6-3-7(14)11(15)8(4-6)16(18)19/h3-5H,15H2,1-2H3. The molecule has 0 amide bonds. The average Bonchev–Trinajstić information content (AvgIpc) is 3.01. The van der Waals surface area contributed by atoms with Gasteiger partial charge >= 0.3 is 5.97 Å². The Morgan fingerprint density at radius 2 is 2.04 bits per heavy atom. The van der Waals surface area contributed by atoms with Gasteiger partial charge in [-0.15, -0.1) is 23.1 Å². The first-order valence-corrected chi connectivity index (χ1v) is 10.7. The van der Waals surface area contributed by atoms with Gasteiger partial charge in [0.1, 0.15) is 10.6 Å². The number of nitrogens with two attached hydrogens (primary N) is 1. The number of hydrogen-bond acceptors (Lipinski definition) is 9. The third-order valence-electron chi connectivity index (χ3n) is 3.12. The lowest BCUT2D eigenvalue weighted by Gasteiger charge is -2.07. The Kier molecular flexibility index (Phi) is 5.76. The molecule has 2 N–H and O–H groups in total. The monoisotopic (exact) mass is 466 g/mol. The van der Waals surface area contributed by atoms with Crippen LogP contribution in [0.3, 0.4) is 0 Å². The van der Waals surface area contributed by atoms with Crippen LogP contribution >= 0.6 is 39.0 Å². The molecular weight excluding hydrogens is 456 g/mol. The minimum Gasteiger partial charge on any atom is -0.465 e. The number of thiophene rings is 1. The van der Waals surface area contributed by atoms with Crippen LogP contribution in [-0.2, 0) is 14.6 Å². The zero-order valence-corrected chi connectivity index (χ0v) is 16.8. The molecule has 2 aromatic rings. The number of nitrogens with zero attached hydrogens (tertiary/aromatic N) is 1. The van der Waals surface area contributed by atoms with E-state index in [1.165, 1.54) is 19.2 Å². The maximum atomic E-state index is 12.9. The van der Waals surface area contributed by atoms with Crippen LogP contribution in [0.15, 0.2) is 36.7 Å². The van der Waals surface area contributed by atoms with Gasteiger partial charge in [-0.3, -0.25) is 10.1 Å². The lowest BCUT2D eigenvalue weighted by Crippen LogP contribution is -2.05. The van der Waals surface area contributed by atoms with Gasteiger partial charge in [0.05, 0.1) is 26.0 Å². The van der Waals surface area contributed by atoms with Crippen LogP contribution in [-0.4, -0.2) is 32.7 Å². The van der Waals surface area contributed by atoms with Gasteiger partial charge in [-0.1, -0.05) is 0 Å². The molecule has 0 saturated carbocycles. The van der Waals surface area contributed by atoms with Gasteiger partial charge in [0.15, 0.2) is 0 Å². The Labute approximate surface area is 159 Å². The van der Waals surface area contributed by atoms with Crippen molar-refractivity contribution in [3.05, 3.63) is 37.7 Å². The molecule has 0 spiro atoms. The molecule has 2 rings (SSSR count). The topological polar surface area (TPSA) is 130 Å². The first kappa shape index (κ1) is 19.7. The summed E-state index contributed by atoms with van der Waals surface area (Å²) in [6.07, 6.45) is 1.66. The Hall–Kier alpha value is -1.63. The highest BCUT2D eigenvalue weighted by Gasteiger charge is 2.29. The molecule has 1 heterocycles. The quantitative estimate of drug-likeness (QED) is 0.233. The number of esters is 1. The third kappa shape index (κ3) is 3.66. The van der Waals surface area contributed by atoms with Crippen LogP contribution in [0.2, 0.25) is 0 Å². The van der Waals surface area contributed by atoms with E-state index in [4.69, 9.17) is 5.73 Å². The molecule has 1 aromatic heterocycles. The molecule has 0 saturated heterocycles. The van der Waals surface area contributed by atoms with E-state index in [-0.39, 0.29) is 24.8 Å². The van der Waals surface area contributed by atoms with Crippen molar-refractivity contribution in [3.63, 3.8) is 0 Å². The van der Waals surface area contributed by atoms with Gasteiger partial charge in [0, 0.05) is 10.5 Å². The molecule has 0 aliphatic rings. The van der Waals surface area contributed by atoms with Gasteiger partial charge in [-0.05, 0) is 34.3 Å². The van der Waals surface area contributed by atoms with Crippen LogP contribution in [0.25, 0.3) is 0 Å². The van der Waals surface area contributed by atoms with Crippen molar-refractivity contribution in [1.82, 2.24) is 0 Å². The van der Waals surface area contributed by atoms with E-state index < -0.39 is 26.4 Å². The molecule has 12 heteroatoms. The number of methoxy groups -OCH3 is 1.